The number of aryl methyl sites for hydroxylation is 1. The first kappa shape index (κ1) is 17.7. The van der Waals surface area contributed by atoms with Gasteiger partial charge in [-0.3, -0.25) is 9.59 Å². The van der Waals surface area contributed by atoms with Crippen molar-refractivity contribution in [3.8, 4) is 0 Å². The molecule has 0 saturated carbocycles. The second-order valence-electron chi connectivity index (χ2n) is 5.56. The first-order chi connectivity index (χ1) is 11.6. The quantitative estimate of drug-likeness (QED) is 0.710. The number of carbonyl (C=O) groups is 2. The Morgan fingerprint density at radius 2 is 1.71 bits per heavy atom. The Bertz CT molecular complexity index is 686. The third-order valence-electron chi connectivity index (χ3n) is 3.61. The minimum atomic E-state index is -0.760. The van der Waals surface area contributed by atoms with Crippen molar-refractivity contribution in [2.24, 2.45) is 0 Å². The van der Waals surface area contributed by atoms with Crippen LogP contribution < -0.4 is 10.6 Å². The topological polar surface area (TPSA) is 78.4 Å². The molecule has 0 fully saturated rings. The van der Waals surface area contributed by atoms with Gasteiger partial charge in [0.2, 0.25) is 0 Å². The van der Waals surface area contributed by atoms with Crippen LogP contribution in [-0.4, -0.2) is 29.6 Å². The van der Waals surface area contributed by atoms with Gasteiger partial charge in [-0.1, -0.05) is 49.4 Å². The maximum Gasteiger partial charge on any atom is 0.313 e. The van der Waals surface area contributed by atoms with Gasteiger partial charge in [0.25, 0.3) is 0 Å². The Hall–Kier alpha value is -2.66. The lowest BCUT2D eigenvalue weighted by Gasteiger charge is -2.12. The van der Waals surface area contributed by atoms with Crippen LogP contribution in [0.1, 0.15) is 18.1 Å². The molecule has 0 aliphatic heterocycles. The first-order valence-corrected chi connectivity index (χ1v) is 7.98. The molecular weight excluding hydrogens is 304 g/mol. The molecule has 24 heavy (non-hydrogen) atoms. The number of amides is 2. The minimum Gasteiger partial charge on any atom is -0.391 e. The predicted molar refractivity (Wildman–Crippen MR) is 93.6 cm³/mol. The third-order valence-corrected chi connectivity index (χ3v) is 3.61. The Balaban J connectivity index is 1.79. The molecule has 2 amide bonds. The largest absolute Gasteiger partial charge is 0.391 e. The summed E-state index contributed by atoms with van der Waals surface area (Å²) in [5.41, 5.74) is 2.63. The van der Waals surface area contributed by atoms with Crippen LogP contribution in [0.25, 0.3) is 0 Å². The van der Waals surface area contributed by atoms with Crippen molar-refractivity contribution in [2.75, 3.05) is 11.9 Å². The molecular formula is C19H22N2O3. The normalized spacial score (nSPS) is 11.6. The molecule has 0 aliphatic rings. The van der Waals surface area contributed by atoms with Gasteiger partial charge >= 0.3 is 11.8 Å². The highest BCUT2D eigenvalue weighted by molar-refractivity contribution is 6.39. The maximum absolute atomic E-state index is 11.9. The van der Waals surface area contributed by atoms with Gasteiger partial charge in [0.05, 0.1) is 6.10 Å². The summed E-state index contributed by atoms with van der Waals surface area (Å²) in [5, 5.41) is 15.0. The molecule has 2 aromatic carbocycles. The standard InChI is InChI=1S/C19H22N2O3/c1-2-14-9-6-10-16(11-14)21-19(24)18(23)20-13-17(22)12-15-7-4-3-5-8-15/h3-11,17,22H,2,12-13H2,1H3,(H,20,23)(H,21,24). The van der Waals surface area contributed by atoms with Gasteiger partial charge < -0.3 is 15.7 Å². The lowest BCUT2D eigenvalue weighted by Crippen LogP contribution is -2.40. The smallest absolute Gasteiger partial charge is 0.313 e. The van der Waals surface area contributed by atoms with Crippen molar-refractivity contribution in [2.45, 2.75) is 25.9 Å². The summed E-state index contributed by atoms with van der Waals surface area (Å²) in [6.45, 7) is 2.04. The highest BCUT2D eigenvalue weighted by Crippen LogP contribution is 2.10. The first-order valence-electron chi connectivity index (χ1n) is 7.98. The average Bonchev–Trinajstić information content (AvgIpc) is 2.60. The molecule has 0 radical (unpaired) electrons. The highest BCUT2D eigenvalue weighted by atomic mass is 16.3. The van der Waals surface area contributed by atoms with Crippen molar-refractivity contribution in [1.82, 2.24) is 5.32 Å². The summed E-state index contributed by atoms with van der Waals surface area (Å²) in [5.74, 6) is -1.50. The molecule has 2 rings (SSSR count). The number of rotatable bonds is 6. The fraction of sp³-hybridized carbons (Fsp3) is 0.263. The van der Waals surface area contributed by atoms with E-state index in [9.17, 15) is 14.7 Å². The summed E-state index contributed by atoms with van der Waals surface area (Å²) in [6, 6.07) is 16.8. The van der Waals surface area contributed by atoms with Crippen molar-refractivity contribution < 1.29 is 14.7 Å². The number of hydrogen-bond donors (Lipinski definition) is 3. The fourth-order valence-corrected chi connectivity index (χ4v) is 2.31. The van der Waals surface area contributed by atoms with Gasteiger partial charge in [-0.2, -0.15) is 0 Å². The van der Waals surface area contributed by atoms with Crippen LogP contribution in [0.3, 0.4) is 0 Å². The van der Waals surface area contributed by atoms with Gasteiger partial charge in [0.1, 0.15) is 0 Å². The van der Waals surface area contributed by atoms with E-state index in [0.717, 1.165) is 17.5 Å². The molecule has 2 aromatic rings. The summed E-state index contributed by atoms with van der Waals surface area (Å²) in [7, 11) is 0. The van der Waals surface area contributed by atoms with E-state index in [4.69, 9.17) is 0 Å². The predicted octanol–water partition coefficient (Wildman–Crippen LogP) is 1.91. The van der Waals surface area contributed by atoms with Gasteiger partial charge in [-0.05, 0) is 29.7 Å². The highest BCUT2D eigenvalue weighted by Gasteiger charge is 2.15. The van der Waals surface area contributed by atoms with Crippen LogP contribution >= 0.6 is 0 Å². The van der Waals surface area contributed by atoms with E-state index in [-0.39, 0.29) is 6.54 Å². The Morgan fingerprint density at radius 1 is 1.00 bits per heavy atom. The molecule has 1 unspecified atom stereocenters. The lowest BCUT2D eigenvalue weighted by atomic mass is 10.1. The van der Waals surface area contributed by atoms with Gasteiger partial charge in [0.15, 0.2) is 0 Å². The summed E-state index contributed by atoms with van der Waals surface area (Å²) < 4.78 is 0. The van der Waals surface area contributed by atoms with E-state index in [2.05, 4.69) is 10.6 Å². The summed E-state index contributed by atoms with van der Waals surface area (Å²) in [4.78, 5) is 23.7. The van der Waals surface area contributed by atoms with Crippen LogP contribution in [0.4, 0.5) is 5.69 Å². The zero-order valence-electron chi connectivity index (χ0n) is 13.7. The molecule has 0 saturated heterocycles. The summed E-state index contributed by atoms with van der Waals surface area (Å²) >= 11 is 0. The average molecular weight is 326 g/mol. The fourth-order valence-electron chi connectivity index (χ4n) is 2.31. The zero-order chi connectivity index (χ0) is 17.4. The minimum absolute atomic E-state index is 0.0240. The van der Waals surface area contributed by atoms with E-state index in [0.29, 0.717) is 12.1 Å². The Kier molecular flexibility index (Phi) is 6.51. The van der Waals surface area contributed by atoms with Crippen LogP contribution in [-0.2, 0) is 22.4 Å². The molecule has 0 bridgehead atoms. The molecule has 0 aromatic heterocycles. The molecule has 126 valence electrons. The molecule has 0 heterocycles. The second-order valence-corrected chi connectivity index (χ2v) is 5.56. The zero-order valence-corrected chi connectivity index (χ0v) is 13.7. The van der Waals surface area contributed by atoms with Crippen molar-refractivity contribution in [3.63, 3.8) is 0 Å². The van der Waals surface area contributed by atoms with E-state index in [1.165, 1.54) is 0 Å². The van der Waals surface area contributed by atoms with Crippen molar-refractivity contribution in [1.29, 1.82) is 0 Å². The van der Waals surface area contributed by atoms with Gasteiger partial charge in [-0.25, -0.2) is 0 Å². The van der Waals surface area contributed by atoms with Crippen LogP contribution in [0.15, 0.2) is 54.6 Å². The Labute approximate surface area is 141 Å². The van der Waals surface area contributed by atoms with Crippen LogP contribution in [0.2, 0.25) is 0 Å². The van der Waals surface area contributed by atoms with E-state index >= 15 is 0 Å². The van der Waals surface area contributed by atoms with Crippen LogP contribution in [0, 0.1) is 0 Å². The maximum atomic E-state index is 11.9. The number of aliphatic hydroxyl groups excluding tert-OH is 1. The van der Waals surface area contributed by atoms with Crippen LogP contribution in [0.5, 0.6) is 0 Å². The third kappa shape index (κ3) is 5.52. The molecule has 1 atom stereocenters. The number of hydrogen-bond acceptors (Lipinski definition) is 3. The molecule has 0 aliphatic carbocycles. The SMILES string of the molecule is CCc1cccc(NC(=O)C(=O)NCC(O)Cc2ccccc2)c1. The van der Waals surface area contributed by atoms with Gasteiger partial charge in [-0.15, -0.1) is 0 Å². The molecule has 0 spiro atoms. The number of benzene rings is 2. The summed E-state index contributed by atoms with van der Waals surface area (Å²) in [6.07, 6.45) is 0.524. The number of anilines is 1. The molecule has 5 nitrogen and oxygen atoms in total. The Morgan fingerprint density at radius 3 is 2.42 bits per heavy atom. The number of nitrogens with one attached hydrogen (secondary N) is 2. The number of aliphatic hydroxyl groups is 1. The molecule has 5 heteroatoms. The van der Waals surface area contributed by atoms with Crippen molar-refractivity contribution >= 4 is 17.5 Å². The number of carbonyl (C=O) groups excluding carboxylic acids is 2. The monoisotopic (exact) mass is 326 g/mol. The second kappa shape index (κ2) is 8.84. The van der Waals surface area contributed by atoms with E-state index in [1.54, 1.807) is 6.07 Å². The van der Waals surface area contributed by atoms with Crippen molar-refractivity contribution in [3.05, 3.63) is 65.7 Å². The molecule has 3 N–H and O–H groups in total. The van der Waals surface area contributed by atoms with Gasteiger partial charge in [0, 0.05) is 18.7 Å². The van der Waals surface area contributed by atoms with E-state index in [1.807, 2.05) is 55.5 Å². The lowest BCUT2D eigenvalue weighted by molar-refractivity contribution is -0.136. The van der Waals surface area contributed by atoms with E-state index < -0.39 is 17.9 Å².